The Labute approximate surface area is 113 Å². The van der Waals surface area contributed by atoms with Gasteiger partial charge in [0.1, 0.15) is 0 Å². The molecular formula is C15H19NOS. The predicted octanol–water partition coefficient (Wildman–Crippen LogP) is 3.62. The van der Waals surface area contributed by atoms with Gasteiger partial charge >= 0.3 is 0 Å². The zero-order valence-electron chi connectivity index (χ0n) is 10.6. The molecular weight excluding hydrogens is 242 g/mol. The van der Waals surface area contributed by atoms with Crippen molar-refractivity contribution in [2.45, 2.75) is 19.6 Å². The van der Waals surface area contributed by atoms with E-state index in [0.717, 1.165) is 13.2 Å². The number of thiophene rings is 1. The van der Waals surface area contributed by atoms with Crippen molar-refractivity contribution in [3.63, 3.8) is 0 Å². The number of hydrogen-bond acceptors (Lipinski definition) is 3. The van der Waals surface area contributed by atoms with Gasteiger partial charge in [-0.15, -0.1) is 11.3 Å². The van der Waals surface area contributed by atoms with Crippen LogP contribution in [0.2, 0.25) is 0 Å². The Hall–Kier alpha value is -1.16. The maximum Gasteiger partial charge on any atom is 0.0717 e. The third-order valence-electron chi connectivity index (χ3n) is 2.78. The molecule has 1 aromatic heterocycles. The second-order valence-corrected chi connectivity index (χ2v) is 5.21. The Balaban J connectivity index is 1.59. The Morgan fingerprint density at radius 3 is 2.72 bits per heavy atom. The van der Waals surface area contributed by atoms with Gasteiger partial charge < -0.3 is 10.1 Å². The van der Waals surface area contributed by atoms with Crippen LogP contribution in [0, 0.1) is 0 Å². The monoisotopic (exact) mass is 261 g/mol. The van der Waals surface area contributed by atoms with Gasteiger partial charge in [0.2, 0.25) is 0 Å². The van der Waals surface area contributed by atoms with Crippen LogP contribution in [0.25, 0.3) is 0 Å². The van der Waals surface area contributed by atoms with E-state index in [0.29, 0.717) is 12.6 Å². The summed E-state index contributed by atoms with van der Waals surface area (Å²) in [5, 5.41) is 5.57. The maximum absolute atomic E-state index is 5.63. The highest BCUT2D eigenvalue weighted by atomic mass is 32.1. The minimum atomic E-state index is 0.408. The molecule has 1 unspecified atom stereocenters. The lowest BCUT2D eigenvalue weighted by Gasteiger charge is -2.12. The topological polar surface area (TPSA) is 21.3 Å². The van der Waals surface area contributed by atoms with Crippen LogP contribution in [-0.2, 0) is 11.3 Å². The number of hydrogen-bond donors (Lipinski definition) is 1. The van der Waals surface area contributed by atoms with Crippen LogP contribution in [-0.4, -0.2) is 13.2 Å². The van der Waals surface area contributed by atoms with Crippen molar-refractivity contribution in [1.29, 1.82) is 0 Å². The van der Waals surface area contributed by atoms with Crippen LogP contribution in [0.4, 0.5) is 0 Å². The van der Waals surface area contributed by atoms with Gasteiger partial charge in [0.05, 0.1) is 13.2 Å². The van der Waals surface area contributed by atoms with Crippen molar-refractivity contribution < 1.29 is 4.74 Å². The molecule has 0 aliphatic rings. The van der Waals surface area contributed by atoms with E-state index < -0.39 is 0 Å². The van der Waals surface area contributed by atoms with Crippen molar-refractivity contribution in [2.24, 2.45) is 0 Å². The normalized spacial score (nSPS) is 12.5. The fourth-order valence-corrected chi connectivity index (χ4v) is 2.51. The quantitative estimate of drug-likeness (QED) is 0.769. The number of ether oxygens (including phenoxy) is 1. The molecule has 0 saturated heterocycles. The van der Waals surface area contributed by atoms with E-state index in [4.69, 9.17) is 4.74 Å². The molecule has 2 rings (SSSR count). The van der Waals surface area contributed by atoms with Gasteiger partial charge in [-0.1, -0.05) is 36.4 Å². The van der Waals surface area contributed by atoms with Crippen molar-refractivity contribution in [3.05, 3.63) is 58.3 Å². The summed E-state index contributed by atoms with van der Waals surface area (Å²) in [6, 6.07) is 14.9. The molecule has 0 aliphatic heterocycles. The predicted molar refractivity (Wildman–Crippen MR) is 76.8 cm³/mol. The molecule has 0 bridgehead atoms. The van der Waals surface area contributed by atoms with Crippen molar-refractivity contribution in [3.8, 4) is 0 Å². The van der Waals surface area contributed by atoms with Gasteiger partial charge in [0.15, 0.2) is 0 Å². The Kier molecular flexibility index (Phi) is 5.39. The molecule has 1 atom stereocenters. The summed E-state index contributed by atoms with van der Waals surface area (Å²) in [6.45, 7) is 4.50. The smallest absolute Gasteiger partial charge is 0.0717 e. The van der Waals surface area contributed by atoms with Crippen LogP contribution in [0.1, 0.15) is 23.4 Å². The fraction of sp³-hybridized carbons (Fsp3) is 0.333. The minimum absolute atomic E-state index is 0.408. The largest absolute Gasteiger partial charge is 0.375 e. The highest BCUT2D eigenvalue weighted by Gasteiger charge is 2.04. The first-order chi connectivity index (χ1) is 8.86. The van der Waals surface area contributed by atoms with Crippen molar-refractivity contribution in [2.75, 3.05) is 13.2 Å². The first kappa shape index (κ1) is 13.3. The highest BCUT2D eigenvalue weighted by Crippen LogP contribution is 2.17. The van der Waals surface area contributed by atoms with E-state index in [2.05, 4.69) is 41.9 Å². The summed E-state index contributed by atoms with van der Waals surface area (Å²) in [5.74, 6) is 0. The molecule has 1 N–H and O–H groups in total. The maximum atomic E-state index is 5.63. The molecule has 3 heteroatoms. The van der Waals surface area contributed by atoms with Gasteiger partial charge in [-0.25, -0.2) is 0 Å². The number of nitrogens with one attached hydrogen (secondary N) is 1. The molecule has 2 aromatic rings. The van der Waals surface area contributed by atoms with Crippen LogP contribution in [0.3, 0.4) is 0 Å². The van der Waals surface area contributed by atoms with E-state index in [1.165, 1.54) is 10.4 Å². The van der Waals surface area contributed by atoms with E-state index in [1.54, 1.807) is 11.3 Å². The fourth-order valence-electron chi connectivity index (χ4n) is 1.75. The summed E-state index contributed by atoms with van der Waals surface area (Å²) in [4.78, 5) is 1.37. The molecule has 0 aliphatic carbocycles. The lowest BCUT2D eigenvalue weighted by Crippen LogP contribution is -2.22. The summed E-state index contributed by atoms with van der Waals surface area (Å²) in [7, 11) is 0. The summed E-state index contributed by atoms with van der Waals surface area (Å²) in [5.41, 5.74) is 1.23. The summed E-state index contributed by atoms with van der Waals surface area (Å²) in [6.07, 6.45) is 0. The average Bonchev–Trinajstić information content (AvgIpc) is 2.93. The molecule has 0 spiro atoms. The van der Waals surface area contributed by atoms with Crippen LogP contribution < -0.4 is 5.32 Å². The molecule has 0 fully saturated rings. The Morgan fingerprint density at radius 1 is 1.17 bits per heavy atom. The zero-order chi connectivity index (χ0) is 12.6. The van der Waals surface area contributed by atoms with Crippen LogP contribution >= 0.6 is 11.3 Å². The molecule has 1 aromatic carbocycles. The first-order valence-corrected chi connectivity index (χ1v) is 7.12. The van der Waals surface area contributed by atoms with Gasteiger partial charge in [-0.05, 0) is 23.9 Å². The SMILES string of the molecule is CC(NCCOCc1ccccc1)c1cccs1. The minimum Gasteiger partial charge on any atom is -0.375 e. The lowest BCUT2D eigenvalue weighted by molar-refractivity contribution is 0.121. The van der Waals surface area contributed by atoms with Crippen molar-refractivity contribution in [1.82, 2.24) is 5.32 Å². The average molecular weight is 261 g/mol. The van der Waals surface area contributed by atoms with E-state index in [9.17, 15) is 0 Å². The Bertz CT molecular complexity index is 427. The molecule has 0 saturated carbocycles. The molecule has 0 amide bonds. The standard InChI is InChI=1S/C15H19NOS/c1-13(15-8-5-11-18-15)16-9-10-17-12-14-6-3-2-4-7-14/h2-8,11,13,16H,9-10,12H2,1H3. The van der Waals surface area contributed by atoms with Crippen LogP contribution in [0.5, 0.6) is 0 Å². The molecule has 18 heavy (non-hydrogen) atoms. The lowest BCUT2D eigenvalue weighted by atomic mass is 10.2. The van der Waals surface area contributed by atoms with Gasteiger partial charge in [0.25, 0.3) is 0 Å². The van der Waals surface area contributed by atoms with Gasteiger partial charge in [-0.2, -0.15) is 0 Å². The number of benzene rings is 1. The Morgan fingerprint density at radius 2 is 2.00 bits per heavy atom. The third kappa shape index (κ3) is 4.26. The molecule has 0 radical (unpaired) electrons. The zero-order valence-corrected chi connectivity index (χ0v) is 11.5. The summed E-state index contributed by atoms with van der Waals surface area (Å²) < 4.78 is 5.63. The number of rotatable bonds is 7. The second kappa shape index (κ2) is 7.31. The van der Waals surface area contributed by atoms with Crippen LogP contribution in [0.15, 0.2) is 47.8 Å². The van der Waals surface area contributed by atoms with E-state index in [-0.39, 0.29) is 0 Å². The van der Waals surface area contributed by atoms with Gasteiger partial charge in [0, 0.05) is 17.5 Å². The third-order valence-corrected chi connectivity index (χ3v) is 3.83. The first-order valence-electron chi connectivity index (χ1n) is 6.25. The molecule has 96 valence electrons. The van der Waals surface area contributed by atoms with Crippen molar-refractivity contribution >= 4 is 11.3 Å². The van der Waals surface area contributed by atoms with Gasteiger partial charge in [-0.3, -0.25) is 0 Å². The molecule has 2 nitrogen and oxygen atoms in total. The highest BCUT2D eigenvalue weighted by molar-refractivity contribution is 7.10. The second-order valence-electron chi connectivity index (χ2n) is 4.23. The van der Waals surface area contributed by atoms with E-state index >= 15 is 0 Å². The molecule has 1 heterocycles. The summed E-state index contributed by atoms with van der Waals surface area (Å²) >= 11 is 1.79. The van der Waals surface area contributed by atoms with E-state index in [1.807, 2.05) is 18.2 Å².